The van der Waals surface area contributed by atoms with Crippen molar-refractivity contribution in [2.75, 3.05) is 6.54 Å². The van der Waals surface area contributed by atoms with Gasteiger partial charge in [0.1, 0.15) is 0 Å². The second kappa shape index (κ2) is 5.21. The van der Waals surface area contributed by atoms with Crippen LogP contribution in [-0.4, -0.2) is 13.0 Å². The zero-order valence-corrected chi connectivity index (χ0v) is 4.27. The van der Waals surface area contributed by atoms with E-state index in [1.165, 1.54) is 0 Å². The Morgan fingerprint density at radius 1 is 1.86 bits per heavy atom. The van der Waals surface area contributed by atoms with Gasteiger partial charge in [-0.2, -0.15) is 0 Å². The van der Waals surface area contributed by atoms with Gasteiger partial charge in [-0.3, -0.25) is 4.79 Å². The minimum absolute atomic E-state index is 0.583. The van der Waals surface area contributed by atoms with Crippen LogP contribution in [0.2, 0.25) is 0 Å². The van der Waals surface area contributed by atoms with Crippen LogP contribution in [0.25, 0.3) is 0 Å². The van der Waals surface area contributed by atoms with Gasteiger partial charge in [0.15, 0.2) is 0 Å². The number of carbonyl (C=O) groups excluding carboxylic acids is 1. The summed E-state index contributed by atoms with van der Waals surface area (Å²) in [5.74, 6) is 0. The van der Waals surface area contributed by atoms with Crippen molar-refractivity contribution in [3.05, 3.63) is 12.2 Å². The summed E-state index contributed by atoms with van der Waals surface area (Å²) < 4.78 is 0. The molecule has 0 aromatic carbocycles. The highest BCUT2D eigenvalue weighted by Gasteiger charge is 1.68. The third-order valence-electron chi connectivity index (χ3n) is 0.528. The van der Waals surface area contributed by atoms with Gasteiger partial charge in [0.25, 0.3) is 0 Å². The number of allylic oxidation sites excluding steroid dienone is 1. The minimum atomic E-state index is 0.583. The molecule has 39 valence electrons. The molecule has 0 bridgehead atoms. The van der Waals surface area contributed by atoms with E-state index < -0.39 is 0 Å². The third-order valence-corrected chi connectivity index (χ3v) is 0.528. The van der Waals surface area contributed by atoms with Crippen molar-refractivity contribution in [3.63, 3.8) is 0 Å². The Bertz CT molecular complexity index is 68.5. The topological polar surface area (TPSA) is 29.1 Å². The second-order valence-electron chi connectivity index (χ2n) is 1.05. The molecule has 0 aliphatic heterocycles. The molecule has 1 radical (unpaired) electrons. The molecule has 0 spiro atoms. The highest BCUT2D eigenvalue weighted by Crippen LogP contribution is 1.62. The first-order valence-electron chi connectivity index (χ1n) is 2.13. The molecule has 0 unspecified atom stereocenters. The summed E-state index contributed by atoms with van der Waals surface area (Å²) in [5, 5.41) is 2.36. The van der Waals surface area contributed by atoms with Gasteiger partial charge in [-0.1, -0.05) is 12.2 Å². The highest BCUT2D eigenvalue weighted by molar-refractivity contribution is 5.47. The Balaban J connectivity index is 2.82. The maximum absolute atomic E-state index is 9.41. The van der Waals surface area contributed by atoms with Crippen molar-refractivity contribution in [3.8, 4) is 0 Å². The Morgan fingerprint density at radius 2 is 2.57 bits per heavy atom. The summed E-state index contributed by atoms with van der Waals surface area (Å²) in [6, 6.07) is 0. The van der Waals surface area contributed by atoms with Crippen LogP contribution in [0.1, 0.15) is 6.92 Å². The van der Waals surface area contributed by atoms with E-state index in [-0.39, 0.29) is 0 Å². The Morgan fingerprint density at radius 3 is 3.00 bits per heavy atom. The molecule has 0 rings (SSSR count). The second-order valence-corrected chi connectivity index (χ2v) is 1.05. The van der Waals surface area contributed by atoms with Gasteiger partial charge < -0.3 is 5.32 Å². The van der Waals surface area contributed by atoms with Crippen molar-refractivity contribution >= 4 is 6.41 Å². The highest BCUT2D eigenvalue weighted by atomic mass is 16.1. The first-order valence-corrected chi connectivity index (χ1v) is 2.13. The van der Waals surface area contributed by atoms with Gasteiger partial charge in [-0.05, 0) is 6.92 Å². The van der Waals surface area contributed by atoms with Crippen LogP contribution in [0.3, 0.4) is 0 Å². The maximum atomic E-state index is 9.41. The number of hydrogen-bond donors (Lipinski definition) is 1. The zero-order valence-electron chi connectivity index (χ0n) is 4.27. The smallest absolute Gasteiger partial charge is 0.309 e. The lowest BCUT2D eigenvalue weighted by Gasteiger charge is -1.81. The molecule has 0 saturated heterocycles. The lowest BCUT2D eigenvalue weighted by Crippen LogP contribution is -2.08. The van der Waals surface area contributed by atoms with Gasteiger partial charge in [0.2, 0.25) is 0 Å². The van der Waals surface area contributed by atoms with Crippen LogP contribution in [0.15, 0.2) is 12.2 Å². The van der Waals surface area contributed by atoms with E-state index in [1.807, 2.05) is 19.1 Å². The first-order chi connectivity index (χ1) is 3.41. The first kappa shape index (κ1) is 6.21. The fraction of sp³-hybridized carbons (Fsp3) is 0.400. The molecule has 0 aliphatic carbocycles. The molecule has 1 amide bonds. The molecule has 0 fully saturated rings. The lowest BCUT2D eigenvalue weighted by atomic mass is 10.5. The van der Waals surface area contributed by atoms with E-state index in [0.717, 1.165) is 0 Å². The van der Waals surface area contributed by atoms with Crippen LogP contribution < -0.4 is 5.32 Å². The van der Waals surface area contributed by atoms with Crippen LogP contribution in [-0.2, 0) is 4.79 Å². The Labute approximate surface area is 43.2 Å². The molecule has 0 aliphatic rings. The molecule has 7 heavy (non-hydrogen) atoms. The maximum Gasteiger partial charge on any atom is 0.309 e. The molecule has 0 atom stereocenters. The van der Waals surface area contributed by atoms with Gasteiger partial charge >= 0.3 is 6.41 Å². The molecule has 0 aromatic heterocycles. The van der Waals surface area contributed by atoms with Crippen LogP contribution >= 0.6 is 0 Å². The van der Waals surface area contributed by atoms with E-state index in [9.17, 15) is 4.79 Å². The molecule has 2 nitrogen and oxygen atoms in total. The van der Waals surface area contributed by atoms with Crippen molar-refractivity contribution in [1.82, 2.24) is 5.32 Å². The Hall–Kier alpha value is -0.790. The van der Waals surface area contributed by atoms with E-state index in [4.69, 9.17) is 0 Å². The van der Waals surface area contributed by atoms with Crippen molar-refractivity contribution < 1.29 is 4.79 Å². The summed E-state index contributed by atoms with van der Waals surface area (Å²) in [6.45, 7) is 2.48. The third kappa shape index (κ3) is 5.21. The fourth-order valence-corrected chi connectivity index (χ4v) is 0.218. The van der Waals surface area contributed by atoms with Crippen molar-refractivity contribution in [2.24, 2.45) is 0 Å². The lowest BCUT2D eigenvalue weighted by molar-refractivity contribution is 0.546. The average molecular weight is 98.1 g/mol. The number of nitrogens with one attached hydrogen (secondary N) is 1. The monoisotopic (exact) mass is 98.1 g/mol. The van der Waals surface area contributed by atoms with E-state index in [1.54, 1.807) is 6.41 Å². The molecule has 1 N–H and O–H groups in total. The minimum Gasteiger partial charge on any atom is -0.344 e. The van der Waals surface area contributed by atoms with E-state index in [0.29, 0.717) is 6.54 Å². The quantitative estimate of drug-likeness (QED) is 0.305. The summed E-state index contributed by atoms with van der Waals surface area (Å²) in [5.41, 5.74) is 0. The van der Waals surface area contributed by atoms with Gasteiger partial charge in [0, 0.05) is 6.54 Å². The predicted molar refractivity (Wildman–Crippen MR) is 28.5 cm³/mol. The predicted octanol–water partition coefficient (Wildman–Crippen LogP) is 0.219. The number of rotatable bonds is 3. The van der Waals surface area contributed by atoms with Crippen LogP contribution in [0.5, 0.6) is 0 Å². The summed E-state index contributed by atoms with van der Waals surface area (Å²) >= 11 is 0. The molecule has 2 heteroatoms. The van der Waals surface area contributed by atoms with E-state index in [2.05, 4.69) is 5.32 Å². The van der Waals surface area contributed by atoms with Gasteiger partial charge in [-0.25, -0.2) is 0 Å². The largest absolute Gasteiger partial charge is 0.344 e. The van der Waals surface area contributed by atoms with Gasteiger partial charge in [-0.15, -0.1) is 0 Å². The summed E-state index contributed by atoms with van der Waals surface area (Å²) in [6.07, 6.45) is 5.25. The van der Waals surface area contributed by atoms with Crippen LogP contribution in [0.4, 0.5) is 0 Å². The molecule has 0 saturated carbocycles. The van der Waals surface area contributed by atoms with Crippen molar-refractivity contribution in [2.45, 2.75) is 6.92 Å². The normalized spacial score (nSPS) is 9.29. The zero-order chi connectivity index (χ0) is 5.54. The summed E-state index contributed by atoms with van der Waals surface area (Å²) in [7, 11) is 0. The Kier molecular flexibility index (Phi) is 4.62. The molecular formula is C5H8NO. The van der Waals surface area contributed by atoms with Gasteiger partial charge in [0.05, 0.1) is 0 Å². The number of hydrogen-bond acceptors (Lipinski definition) is 1. The molecule has 0 heterocycles. The fourth-order valence-electron chi connectivity index (χ4n) is 0.218. The SMILES string of the molecule is C/C=C/CN[C]=O. The molecular weight excluding hydrogens is 90.1 g/mol. The molecule has 0 aromatic rings. The standard InChI is InChI=1S/C5H8NO/c1-2-3-4-6-5-7/h2-3H,4H2,1H3,(H,6,7)/b3-2+. The average Bonchev–Trinajstić information content (AvgIpc) is 1.69. The number of amides is 1. The van der Waals surface area contributed by atoms with Crippen LogP contribution in [0, 0.1) is 0 Å². The van der Waals surface area contributed by atoms with Crippen molar-refractivity contribution in [1.29, 1.82) is 0 Å². The van der Waals surface area contributed by atoms with E-state index >= 15 is 0 Å². The summed E-state index contributed by atoms with van der Waals surface area (Å²) in [4.78, 5) is 9.41.